The smallest absolute Gasteiger partial charge is 0.222 e. The molecule has 0 spiro atoms. The molecule has 1 aromatic rings. The molecule has 132 valence electrons. The van der Waals surface area contributed by atoms with Crippen LogP contribution in [0.2, 0.25) is 0 Å². The molecule has 1 N–H and O–H groups in total. The third-order valence-corrected chi connectivity index (χ3v) is 5.04. The second-order valence-electron chi connectivity index (χ2n) is 7.11. The van der Waals surface area contributed by atoms with E-state index in [0.29, 0.717) is 19.5 Å². The molecule has 1 aliphatic heterocycles. The number of carbonyl (C=O) groups is 1. The molecule has 2 atom stereocenters. The fourth-order valence-electron chi connectivity index (χ4n) is 3.64. The van der Waals surface area contributed by atoms with Crippen molar-refractivity contribution in [3.05, 3.63) is 47.5 Å². The Labute approximate surface area is 145 Å². The molecule has 0 unspecified atom stereocenters. The van der Waals surface area contributed by atoms with Gasteiger partial charge in [0.05, 0.1) is 11.6 Å². The first kappa shape index (κ1) is 18.7. The van der Waals surface area contributed by atoms with Crippen LogP contribution in [-0.4, -0.2) is 54.1 Å². The van der Waals surface area contributed by atoms with Crippen LogP contribution in [0.4, 0.5) is 0 Å². The number of aliphatic hydroxyl groups excluding tert-OH is 1. The van der Waals surface area contributed by atoms with E-state index in [1.165, 1.54) is 5.57 Å². The van der Waals surface area contributed by atoms with Crippen molar-refractivity contribution < 1.29 is 9.90 Å². The van der Waals surface area contributed by atoms with Gasteiger partial charge in [0.2, 0.25) is 5.91 Å². The number of allylic oxidation sites excluding steroid dienone is 2. The van der Waals surface area contributed by atoms with Gasteiger partial charge in [-0.25, -0.2) is 0 Å². The zero-order valence-corrected chi connectivity index (χ0v) is 15.3. The monoisotopic (exact) mass is 330 g/mol. The van der Waals surface area contributed by atoms with E-state index in [9.17, 15) is 9.90 Å². The lowest BCUT2D eigenvalue weighted by Crippen LogP contribution is -2.60. The van der Waals surface area contributed by atoms with Crippen LogP contribution in [0.3, 0.4) is 0 Å². The molecule has 0 radical (unpaired) electrons. The van der Waals surface area contributed by atoms with Gasteiger partial charge in [0, 0.05) is 19.5 Å². The predicted molar refractivity (Wildman–Crippen MR) is 97.7 cm³/mol. The topological polar surface area (TPSA) is 43.8 Å². The van der Waals surface area contributed by atoms with E-state index < -0.39 is 11.6 Å². The van der Waals surface area contributed by atoms with Gasteiger partial charge in [-0.1, -0.05) is 42.0 Å². The highest BCUT2D eigenvalue weighted by Crippen LogP contribution is 2.37. The van der Waals surface area contributed by atoms with E-state index in [2.05, 4.69) is 23.1 Å². The fraction of sp³-hybridized carbons (Fsp3) is 0.550. The molecule has 1 saturated heterocycles. The van der Waals surface area contributed by atoms with Gasteiger partial charge in [0.25, 0.3) is 0 Å². The Balaban J connectivity index is 2.10. The summed E-state index contributed by atoms with van der Waals surface area (Å²) in [6.07, 6.45) is 3.51. The first-order valence-electron chi connectivity index (χ1n) is 8.70. The Morgan fingerprint density at radius 2 is 2.00 bits per heavy atom. The van der Waals surface area contributed by atoms with Crippen LogP contribution in [0.1, 0.15) is 38.7 Å². The summed E-state index contributed by atoms with van der Waals surface area (Å²) in [6.45, 7) is 5.15. The van der Waals surface area contributed by atoms with E-state index in [4.69, 9.17) is 0 Å². The van der Waals surface area contributed by atoms with Gasteiger partial charge in [0.15, 0.2) is 0 Å². The Morgan fingerprint density at radius 3 is 2.54 bits per heavy atom. The number of rotatable bonds is 5. The van der Waals surface area contributed by atoms with Crippen LogP contribution in [-0.2, 0) is 10.3 Å². The van der Waals surface area contributed by atoms with Gasteiger partial charge < -0.3 is 10.0 Å². The van der Waals surface area contributed by atoms with E-state index in [0.717, 1.165) is 18.4 Å². The number of piperidine rings is 1. The fourth-order valence-corrected chi connectivity index (χ4v) is 3.64. The maximum Gasteiger partial charge on any atom is 0.222 e. The zero-order valence-electron chi connectivity index (χ0n) is 15.3. The molecule has 4 nitrogen and oxygen atoms in total. The van der Waals surface area contributed by atoms with Crippen molar-refractivity contribution >= 4 is 5.91 Å². The van der Waals surface area contributed by atoms with E-state index in [-0.39, 0.29) is 5.91 Å². The second-order valence-corrected chi connectivity index (χ2v) is 7.11. The van der Waals surface area contributed by atoms with Gasteiger partial charge in [-0.2, -0.15) is 0 Å². The molecule has 2 rings (SSSR count). The number of aliphatic hydroxyl groups is 1. The van der Waals surface area contributed by atoms with Crippen molar-refractivity contribution in [2.75, 3.05) is 27.2 Å². The van der Waals surface area contributed by atoms with Crippen LogP contribution < -0.4 is 0 Å². The molecular weight excluding hydrogens is 300 g/mol. The van der Waals surface area contributed by atoms with Gasteiger partial charge >= 0.3 is 0 Å². The Bertz CT molecular complexity index is 579. The highest BCUT2D eigenvalue weighted by molar-refractivity contribution is 5.76. The summed E-state index contributed by atoms with van der Waals surface area (Å²) in [6, 6.07) is 10.1. The minimum Gasteiger partial charge on any atom is -0.389 e. The molecule has 4 heteroatoms. The first-order chi connectivity index (χ1) is 11.4. The highest BCUT2D eigenvalue weighted by atomic mass is 16.3. The lowest BCUT2D eigenvalue weighted by molar-refractivity contribution is -0.140. The van der Waals surface area contributed by atoms with Crippen molar-refractivity contribution in [1.82, 2.24) is 9.80 Å². The van der Waals surface area contributed by atoms with Crippen molar-refractivity contribution in [3.8, 4) is 0 Å². The maximum atomic E-state index is 12.4. The largest absolute Gasteiger partial charge is 0.389 e. The first-order valence-corrected chi connectivity index (χ1v) is 8.70. The summed E-state index contributed by atoms with van der Waals surface area (Å²) in [7, 11) is 4.01. The lowest BCUT2D eigenvalue weighted by Gasteiger charge is -2.49. The number of likely N-dealkylation sites (tertiary alicyclic amines) is 1. The number of hydrogen-bond acceptors (Lipinski definition) is 3. The normalized spacial score (nSPS) is 24.1. The van der Waals surface area contributed by atoms with Crippen molar-refractivity contribution in [2.45, 2.75) is 44.8 Å². The lowest BCUT2D eigenvalue weighted by atomic mass is 9.77. The summed E-state index contributed by atoms with van der Waals surface area (Å²) in [4.78, 5) is 16.3. The van der Waals surface area contributed by atoms with Crippen LogP contribution in [0.15, 0.2) is 42.0 Å². The summed E-state index contributed by atoms with van der Waals surface area (Å²) in [5, 5.41) is 10.9. The van der Waals surface area contributed by atoms with E-state index in [1.54, 1.807) is 0 Å². The molecule has 1 aliphatic rings. The standard InChI is InChI=1S/C20H30N2O2/c1-16(2)9-8-12-19(24)22-14-13-20(21(3)4,18(23)15-22)17-10-6-5-7-11-17/h5-7,9-11,18,23H,8,12-15H2,1-4H3/t18-,20+/m1/s1. The third kappa shape index (κ3) is 3.87. The Morgan fingerprint density at radius 1 is 1.33 bits per heavy atom. The van der Waals surface area contributed by atoms with Gasteiger partial charge in [-0.3, -0.25) is 9.69 Å². The third-order valence-electron chi connectivity index (χ3n) is 5.04. The molecule has 0 saturated carbocycles. The number of benzene rings is 1. The van der Waals surface area contributed by atoms with Gasteiger partial charge in [-0.15, -0.1) is 0 Å². The van der Waals surface area contributed by atoms with Crippen LogP contribution in [0.25, 0.3) is 0 Å². The molecule has 1 fully saturated rings. The van der Waals surface area contributed by atoms with Gasteiger partial charge in [0.1, 0.15) is 0 Å². The molecule has 1 heterocycles. The molecule has 1 aromatic carbocycles. The average Bonchev–Trinajstić information content (AvgIpc) is 2.55. The minimum absolute atomic E-state index is 0.131. The molecule has 0 aliphatic carbocycles. The zero-order chi connectivity index (χ0) is 17.7. The maximum absolute atomic E-state index is 12.4. The van der Waals surface area contributed by atoms with E-state index >= 15 is 0 Å². The number of amides is 1. The summed E-state index contributed by atoms with van der Waals surface area (Å²) in [5.74, 6) is 0.131. The van der Waals surface area contributed by atoms with Crippen LogP contribution >= 0.6 is 0 Å². The second kappa shape index (κ2) is 7.95. The summed E-state index contributed by atoms with van der Waals surface area (Å²) in [5.41, 5.74) is 1.91. The van der Waals surface area contributed by atoms with Crippen LogP contribution in [0, 0.1) is 0 Å². The van der Waals surface area contributed by atoms with E-state index in [1.807, 2.05) is 51.0 Å². The number of β-amino-alcohol motifs (C(OH)–C–C–N with tert-alkyl or cyclic N) is 1. The quantitative estimate of drug-likeness (QED) is 0.844. The van der Waals surface area contributed by atoms with Gasteiger partial charge in [-0.05, 0) is 46.3 Å². The molecular formula is C20H30N2O2. The Kier molecular flexibility index (Phi) is 6.19. The molecule has 0 aromatic heterocycles. The molecule has 0 bridgehead atoms. The average molecular weight is 330 g/mol. The minimum atomic E-state index is -0.601. The number of carbonyl (C=O) groups excluding carboxylic acids is 1. The number of likely N-dealkylation sites (N-methyl/N-ethyl adjacent to an activating group) is 1. The summed E-state index contributed by atoms with van der Waals surface area (Å²) < 4.78 is 0. The molecule has 24 heavy (non-hydrogen) atoms. The Hall–Kier alpha value is -1.65. The number of nitrogens with zero attached hydrogens (tertiary/aromatic N) is 2. The highest BCUT2D eigenvalue weighted by Gasteiger charge is 2.46. The van der Waals surface area contributed by atoms with Crippen molar-refractivity contribution in [3.63, 3.8) is 0 Å². The summed E-state index contributed by atoms with van der Waals surface area (Å²) >= 11 is 0. The molecule has 1 amide bonds. The SMILES string of the molecule is CC(C)=CCCC(=O)N1CC[C@@](c2ccccc2)(N(C)C)[C@H](O)C1. The van der Waals surface area contributed by atoms with Crippen molar-refractivity contribution in [1.29, 1.82) is 0 Å². The predicted octanol–water partition coefficient (Wildman–Crippen LogP) is 2.78. The van der Waals surface area contributed by atoms with Crippen LogP contribution in [0.5, 0.6) is 0 Å². The van der Waals surface area contributed by atoms with Crippen molar-refractivity contribution in [2.24, 2.45) is 0 Å². The number of hydrogen-bond donors (Lipinski definition) is 1.